The number of benzene rings is 1. The Morgan fingerprint density at radius 3 is 2.85 bits per heavy atom. The van der Waals surface area contributed by atoms with Crippen LogP contribution in [0, 0.1) is 4.77 Å². The monoisotopic (exact) mass is 370 g/mol. The predicted molar refractivity (Wildman–Crippen MR) is 103 cm³/mol. The number of rotatable bonds is 4. The Hall–Kier alpha value is -2.28. The van der Waals surface area contributed by atoms with Gasteiger partial charge in [0.2, 0.25) is 10.7 Å². The number of carbonyl (C=O) groups is 2. The van der Waals surface area contributed by atoms with Gasteiger partial charge >= 0.3 is 0 Å². The lowest BCUT2D eigenvalue weighted by Crippen LogP contribution is -2.37. The van der Waals surface area contributed by atoms with Gasteiger partial charge in [-0.25, -0.2) is 9.55 Å². The number of amides is 1. The Labute approximate surface area is 157 Å². The normalized spacial score (nSPS) is 20.0. The van der Waals surface area contributed by atoms with Crippen molar-refractivity contribution < 1.29 is 9.59 Å². The number of nitrogens with zero attached hydrogens (tertiary/aromatic N) is 2. The van der Waals surface area contributed by atoms with Crippen LogP contribution in [-0.2, 0) is 4.79 Å². The van der Waals surface area contributed by atoms with Gasteiger partial charge in [-0.2, -0.15) is 0 Å². The third-order valence-electron chi connectivity index (χ3n) is 5.25. The Bertz CT molecular complexity index is 917. The molecular weight excluding hydrogens is 348 g/mol. The van der Waals surface area contributed by atoms with E-state index >= 15 is 0 Å². The number of para-hydroxylation sites is 1. The minimum absolute atomic E-state index is 0.0223. The lowest BCUT2D eigenvalue weighted by molar-refractivity contribution is -0.122. The van der Waals surface area contributed by atoms with Crippen LogP contribution in [0.2, 0.25) is 0 Å². The zero-order valence-corrected chi connectivity index (χ0v) is 15.3. The number of hydrogen-bond acceptors (Lipinski definition) is 5. The first-order chi connectivity index (χ1) is 12.6. The van der Waals surface area contributed by atoms with Crippen LogP contribution in [0.5, 0.6) is 0 Å². The standard InChI is InChI=1S/C19H22N4O2S/c24-16(20-12-6-2-1-3-7-12)11-10-15-18(25)23-17(21-15)13-8-4-5-9-14(13)22-19(23)26/h4-5,8-9,12,15,21H,1-3,6-7,10-11H2,(H,20,24)/t15-/m0/s1. The number of carbonyl (C=O) groups excluding carboxylic acids is 2. The van der Waals surface area contributed by atoms with Gasteiger partial charge in [0.05, 0.1) is 5.52 Å². The molecule has 2 aromatic rings. The molecule has 1 aromatic heterocycles. The molecule has 2 aliphatic rings. The third kappa shape index (κ3) is 3.23. The van der Waals surface area contributed by atoms with E-state index in [0.29, 0.717) is 24.7 Å². The number of nitrogens with one attached hydrogen (secondary N) is 2. The van der Waals surface area contributed by atoms with E-state index in [2.05, 4.69) is 15.6 Å². The molecule has 0 radical (unpaired) electrons. The average Bonchev–Trinajstić information content (AvgIpc) is 2.98. The minimum atomic E-state index is -0.443. The van der Waals surface area contributed by atoms with E-state index in [4.69, 9.17) is 12.2 Å². The molecule has 2 N–H and O–H groups in total. The highest BCUT2D eigenvalue weighted by Gasteiger charge is 2.32. The van der Waals surface area contributed by atoms with Crippen LogP contribution in [0.3, 0.4) is 0 Å². The number of anilines is 1. The molecule has 1 aromatic carbocycles. The van der Waals surface area contributed by atoms with Crippen molar-refractivity contribution in [3.05, 3.63) is 29.0 Å². The number of aromatic nitrogens is 2. The molecular formula is C19H22N4O2S. The molecule has 7 heteroatoms. The van der Waals surface area contributed by atoms with Crippen LogP contribution >= 0.6 is 12.2 Å². The zero-order valence-electron chi connectivity index (χ0n) is 14.5. The molecule has 0 spiro atoms. The molecule has 1 amide bonds. The lowest BCUT2D eigenvalue weighted by atomic mass is 9.95. The van der Waals surface area contributed by atoms with Crippen molar-refractivity contribution in [1.29, 1.82) is 0 Å². The topological polar surface area (TPSA) is 76.0 Å². The summed E-state index contributed by atoms with van der Waals surface area (Å²) in [6.45, 7) is 0. The van der Waals surface area contributed by atoms with E-state index in [9.17, 15) is 9.59 Å². The summed E-state index contributed by atoms with van der Waals surface area (Å²) in [4.78, 5) is 29.3. The maximum atomic E-state index is 12.7. The predicted octanol–water partition coefficient (Wildman–Crippen LogP) is 3.43. The van der Waals surface area contributed by atoms with Crippen LogP contribution < -0.4 is 10.6 Å². The van der Waals surface area contributed by atoms with E-state index < -0.39 is 6.04 Å². The summed E-state index contributed by atoms with van der Waals surface area (Å²) in [6.07, 6.45) is 6.51. The molecule has 1 saturated carbocycles. The van der Waals surface area contributed by atoms with Crippen molar-refractivity contribution in [2.24, 2.45) is 0 Å². The summed E-state index contributed by atoms with van der Waals surface area (Å²) < 4.78 is 1.71. The second kappa shape index (κ2) is 7.15. The highest BCUT2D eigenvalue weighted by atomic mass is 32.1. The first kappa shape index (κ1) is 17.1. The first-order valence-electron chi connectivity index (χ1n) is 9.25. The first-order valence-corrected chi connectivity index (χ1v) is 9.66. The van der Waals surface area contributed by atoms with Gasteiger partial charge in [-0.1, -0.05) is 31.4 Å². The van der Waals surface area contributed by atoms with Crippen molar-refractivity contribution in [2.75, 3.05) is 5.32 Å². The van der Waals surface area contributed by atoms with E-state index in [1.165, 1.54) is 23.8 Å². The molecule has 0 unspecified atom stereocenters. The van der Waals surface area contributed by atoms with Gasteiger partial charge in [-0.15, -0.1) is 0 Å². The summed E-state index contributed by atoms with van der Waals surface area (Å²) in [5.41, 5.74) is 0.764. The van der Waals surface area contributed by atoms with Crippen LogP contribution in [-0.4, -0.2) is 33.4 Å². The third-order valence-corrected chi connectivity index (χ3v) is 5.52. The molecule has 1 aliphatic carbocycles. The van der Waals surface area contributed by atoms with Crippen LogP contribution in [0.15, 0.2) is 24.3 Å². The fourth-order valence-corrected chi connectivity index (χ4v) is 4.17. The Kier molecular flexibility index (Phi) is 4.72. The van der Waals surface area contributed by atoms with E-state index in [1.54, 1.807) is 0 Å². The van der Waals surface area contributed by atoms with Gasteiger partial charge in [0, 0.05) is 17.8 Å². The molecule has 136 valence electrons. The highest BCUT2D eigenvalue weighted by Crippen LogP contribution is 2.29. The molecule has 0 saturated heterocycles. The largest absolute Gasteiger partial charge is 0.359 e. The SMILES string of the molecule is O=C(CC[C@@H]1Nc2c3ccccc3nc(=S)n2C1=O)NC1CCCCC1. The van der Waals surface area contributed by atoms with Crippen molar-refractivity contribution in [3.63, 3.8) is 0 Å². The molecule has 2 heterocycles. The Balaban J connectivity index is 1.45. The Morgan fingerprint density at radius 1 is 1.27 bits per heavy atom. The van der Waals surface area contributed by atoms with Gasteiger partial charge in [-0.05, 0) is 43.6 Å². The quantitative estimate of drug-likeness (QED) is 0.807. The molecule has 0 bridgehead atoms. The zero-order chi connectivity index (χ0) is 18.1. The molecule has 1 fully saturated rings. The summed E-state index contributed by atoms with van der Waals surface area (Å²) in [7, 11) is 0. The van der Waals surface area contributed by atoms with E-state index in [0.717, 1.165) is 23.7 Å². The average molecular weight is 370 g/mol. The molecule has 4 rings (SSSR count). The molecule has 6 nitrogen and oxygen atoms in total. The second-order valence-electron chi connectivity index (χ2n) is 7.07. The van der Waals surface area contributed by atoms with Crippen LogP contribution in [0.4, 0.5) is 5.82 Å². The maximum absolute atomic E-state index is 12.7. The second-order valence-corrected chi connectivity index (χ2v) is 7.44. The minimum Gasteiger partial charge on any atom is -0.359 e. The number of hydrogen-bond donors (Lipinski definition) is 2. The van der Waals surface area contributed by atoms with Crippen LogP contribution in [0.25, 0.3) is 10.9 Å². The van der Waals surface area contributed by atoms with Gasteiger partial charge in [0.15, 0.2) is 0 Å². The van der Waals surface area contributed by atoms with Gasteiger partial charge in [0.1, 0.15) is 11.9 Å². The van der Waals surface area contributed by atoms with Gasteiger partial charge in [-0.3, -0.25) is 9.59 Å². The van der Waals surface area contributed by atoms with Crippen molar-refractivity contribution in [3.8, 4) is 0 Å². The molecule has 1 atom stereocenters. The highest BCUT2D eigenvalue weighted by molar-refractivity contribution is 7.71. The summed E-state index contributed by atoms with van der Waals surface area (Å²) in [5.74, 6) is 0.575. The van der Waals surface area contributed by atoms with E-state index in [1.807, 2.05) is 24.3 Å². The van der Waals surface area contributed by atoms with Crippen LogP contribution in [0.1, 0.15) is 49.7 Å². The van der Waals surface area contributed by atoms with E-state index in [-0.39, 0.29) is 16.6 Å². The van der Waals surface area contributed by atoms with Crippen molar-refractivity contribution >= 4 is 40.8 Å². The number of fused-ring (bicyclic) bond motifs is 3. The van der Waals surface area contributed by atoms with Crippen molar-refractivity contribution in [1.82, 2.24) is 14.9 Å². The maximum Gasteiger partial charge on any atom is 0.257 e. The Morgan fingerprint density at radius 2 is 2.04 bits per heavy atom. The summed E-state index contributed by atoms with van der Waals surface area (Å²) in [5, 5.41) is 7.22. The fourth-order valence-electron chi connectivity index (χ4n) is 3.89. The summed E-state index contributed by atoms with van der Waals surface area (Å²) in [6, 6.07) is 7.45. The van der Waals surface area contributed by atoms with Gasteiger partial charge in [0.25, 0.3) is 5.91 Å². The smallest absolute Gasteiger partial charge is 0.257 e. The van der Waals surface area contributed by atoms with Crippen molar-refractivity contribution in [2.45, 2.75) is 57.0 Å². The molecule has 26 heavy (non-hydrogen) atoms. The lowest BCUT2D eigenvalue weighted by Gasteiger charge is -2.22. The summed E-state index contributed by atoms with van der Waals surface area (Å²) >= 11 is 5.29. The van der Waals surface area contributed by atoms with Gasteiger partial charge < -0.3 is 10.6 Å². The fraction of sp³-hybridized carbons (Fsp3) is 0.474. The molecule has 1 aliphatic heterocycles.